The number of carbonyl (C=O) groups excluding carboxylic acids is 3. The highest BCUT2D eigenvalue weighted by atomic mass is 16.6. The fourth-order valence-corrected chi connectivity index (χ4v) is 4.42. The van der Waals surface area contributed by atoms with Crippen LogP contribution in [0.25, 0.3) is 11.2 Å². The fraction of sp³-hybridized carbons (Fsp3) is 0.286. The number of benzene rings is 2. The van der Waals surface area contributed by atoms with Crippen LogP contribution in [-0.4, -0.2) is 72.4 Å². The van der Waals surface area contributed by atoms with Crippen LogP contribution < -0.4 is 4.90 Å². The molecule has 206 valence electrons. The van der Waals surface area contributed by atoms with Crippen molar-refractivity contribution in [1.29, 1.82) is 0 Å². The van der Waals surface area contributed by atoms with Gasteiger partial charge in [0.15, 0.2) is 23.2 Å². The lowest BCUT2D eigenvalue weighted by atomic mass is 10.1. The normalized spacial score (nSPS) is 20.4. The average molecular weight is 546 g/mol. The summed E-state index contributed by atoms with van der Waals surface area (Å²) < 4.78 is 12.1. The number of hydrogen-bond donors (Lipinski definition) is 2. The first-order valence-corrected chi connectivity index (χ1v) is 12.5. The van der Waals surface area contributed by atoms with E-state index in [-0.39, 0.29) is 34.7 Å². The van der Waals surface area contributed by atoms with Crippen molar-refractivity contribution in [1.82, 2.24) is 19.5 Å². The SMILES string of the molecule is CC(=O)OC[C@H]1O[C@@H](n2cnc3c(N(C(=O)c4ccc(C)cc4)C(=O)c4ccc(C)cc4)ncnc32)[C@H](O)[C@@H]1O. The molecule has 0 unspecified atom stereocenters. The number of aliphatic hydroxyl groups is 2. The van der Waals surface area contributed by atoms with E-state index in [1.807, 2.05) is 13.8 Å². The number of imidazole rings is 1. The van der Waals surface area contributed by atoms with Gasteiger partial charge < -0.3 is 19.7 Å². The topological polar surface area (TPSA) is 157 Å². The molecule has 0 spiro atoms. The molecule has 2 aromatic heterocycles. The lowest BCUT2D eigenvalue weighted by molar-refractivity contribution is -0.147. The Labute approximate surface area is 228 Å². The van der Waals surface area contributed by atoms with Gasteiger partial charge in [0.25, 0.3) is 11.8 Å². The van der Waals surface area contributed by atoms with E-state index in [4.69, 9.17) is 9.47 Å². The molecule has 12 heteroatoms. The van der Waals surface area contributed by atoms with Crippen LogP contribution in [0, 0.1) is 13.8 Å². The van der Waals surface area contributed by atoms with Gasteiger partial charge in [0.05, 0.1) is 6.33 Å². The maximum atomic E-state index is 13.8. The van der Waals surface area contributed by atoms with Crippen LogP contribution in [0.3, 0.4) is 0 Å². The van der Waals surface area contributed by atoms with E-state index in [2.05, 4.69) is 15.0 Å². The Morgan fingerprint density at radius 1 is 0.900 bits per heavy atom. The van der Waals surface area contributed by atoms with Crippen LogP contribution in [0.2, 0.25) is 0 Å². The van der Waals surface area contributed by atoms with Gasteiger partial charge in [0.2, 0.25) is 0 Å². The van der Waals surface area contributed by atoms with Crippen molar-refractivity contribution in [3.05, 3.63) is 83.4 Å². The third-order valence-electron chi connectivity index (χ3n) is 6.62. The number of hydrogen-bond acceptors (Lipinski definition) is 10. The van der Waals surface area contributed by atoms with Gasteiger partial charge in [-0.25, -0.2) is 19.9 Å². The van der Waals surface area contributed by atoms with Crippen molar-refractivity contribution < 1.29 is 34.1 Å². The number of aliphatic hydroxyl groups excluding tert-OH is 2. The summed E-state index contributed by atoms with van der Waals surface area (Å²) in [6.07, 6.45) is -2.42. The van der Waals surface area contributed by atoms with Crippen LogP contribution in [0.1, 0.15) is 45.0 Å². The lowest BCUT2D eigenvalue weighted by Gasteiger charge is -2.21. The van der Waals surface area contributed by atoms with Crippen LogP contribution in [0.4, 0.5) is 5.82 Å². The molecular formula is C28H27N5O7. The summed E-state index contributed by atoms with van der Waals surface area (Å²) in [6, 6.07) is 13.6. The molecule has 3 heterocycles. The molecule has 5 rings (SSSR count). The number of anilines is 1. The summed E-state index contributed by atoms with van der Waals surface area (Å²) in [6.45, 7) is 4.73. The Kier molecular flexibility index (Phi) is 7.39. The number of amides is 2. The second kappa shape index (κ2) is 10.9. The fourth-order valence-electron chi connectivity index (χ4n) is 4.42. The van der Waals surface area contributed by atoms with Crippen molar-refractivity contribution in [2.24, 2.45) is 0 Å². The molecule has 2 amide bonds. The van der Waals surface area contributed by atoms with Crippen LogP contribution in [0.5, 0.6) is 0 Å². The number of rotatable bonds is 6. The van der Waals surface area contributed by atoms with E-state index >= 15 is 0 Å². The van der Waals surface area contributed by atoms with E-state index in [1.165, 1.54) is 24.1 Å². The first-order chi connectivity index (χ1) is 19.2. The number of aromatic nitrogens is 4. The highest BCUT2D eigenvalue weighted by molar-refractivity contribution is 6.27. The summed E-state index contributed by atoms with van der Waals surface area (Å²) in [7, 11) is 0. The number of imide groups is 1. The number of carbonyl (C=O) groups is 3. The standard InChI is InChI=1S/C28H27N5O7/c1-15-4-8-18(9-5-15)26(37)33(27(38)19-10-6-16(2)7-11-19)25-21-24(29-13-30-25)32(14-31-21)28-23(36)22(35)20(40-28)12-39-17(3)34/h4-11,13-14,20,22-23,28,35-36H,12H2,1-3H3/t20-,22-,23-,28-/m1/s1. The Hall–Kier alpha value is -4.52. The summed E-state index contributed by atoms with van der Waals surface area (Å²) in [4.78, 5) is 52.6. The van der Waals surface area contributed by atoms with Gasteiger partial charge in [-0.2, -0.15) is 0 Å². The zero-order valence-corrected chi connectivity index (χ0v) is 22.0. The maximum Gasteiger partial charge on any atom is 0.302 e. The van der Waals surface area contributed by atoms with Crippen molar-refractivity contribution in [3.8, 4) is 0 Å². The first-order valence-electron chi connectivity index (χ1n) is 12.5. The van der Waals surface area contributed by atoms with Crippen molar-refractivity contribution in [2.45, 2.75) is 45.3 Å². The minimum absolute atomic E-state index is 0.0654. The molecule has 0 radical (unpaired) electrons. The summed E-state index contributed by atoms with van der Waals surface area (Å²) >= 11 is 0. The van der Waals surface area contributed by atoms with Gasteiger partial charge >= 0.3 is 5.97 Å². The third-order valence-corrected chi connectivity index (χ3v) is 6.62. The predicted molar refractivity (Wildman–Crippen MR) is 141 cm³/mol. The highest BCUT2D eigenvalue weighted by Crippen LogP contribution is 2.33. The molecule has 4 aromatic rings. The predicted octanol–water partition coefficient (Wildman–Crippen LogP) is 2.11. The lowest BCUT2D eigenvalue weighted by Crippen LogP contribution is -2.38. The molecule has 0 aliphatic carbocycles. The zero-order chi connectivity index (χ0) is 28.6. The highest BCUT2D eigenvalue weighted by Gasteiger charge is 2.45. The van der Waals surface area contributed by atoms with Crippen LogP contribution in [0.15, 0.2) is 61.2 Å². The van der Waals surface area contributed by atoms with Gasteiger partial charge in [-0.05, 0) is 38.1 Å². The number of nitrogens with zero attached hydrogens (tertiary/aromatic N) is 5. The summed E-state index contributed by atoms with van der Waals surface area (Å²) in [5.74, 6) is -1.86. The Balaban J connectivity index is 1.57. The van der Waals surface area contributed by atoms with E-state index < -0.39 is 42.3 Å². The number of aryl methyl sites for hydroxylation is 2. The number of ether oxygens (including phenoxy) is 2. The molecule has 2 aromatic carbocycles. The quantitative estimate of drug-likeness (QED) is 0.272. The summed E-state index contributed by atoms with van der Waals surface area (Å²) in [5.41, 5.74) is 2.66. The van der Waals surface area contributed by atoms with Crippen molar-refractivity contribution >= 4 is 34.8 Å². The molecule has 0 bridgehead atoms. The van der Waals surface area contributed by atoms with Gasteiger partial charge in [0, 0.05) is 18.1 Å². The van der Waals surface area contributed by atoms with Crippen LogP contribution in [-0.2, 0) is 14.3 Å². The average Bonchev–Trinajstić information content (AvgIpc) is 3.49. The van der Waals surface area contributed by atoms with E-state index in [0.717, 1.165) is 16.0 Å². The maximum absolute atomic E-state index is 13.8. The number of esters is 1. The monoisotopic (exact) mass is 545 g/mol. The minimum atomic E-state index is -1.41. The molecule has 2 N–H and O–H groups in total. The smallest absolute Gasteiger partial charge is 0.302 e. The molecule has 1 saturated heterocycles. The second-order valence-electron chi connectivity index (χ2n) is 9.55. The minimum Gasteiger partial charge on any atom is -0.463 e. The molecule has 1 aliphatic rings. The second-order valence-corrected chi connectivity index (χ2v) is 9.55. The molecule has 1 aliphatic heterocycles. The molecule has 12 nitrogen and oxygen atoms in total. The number of fused-ring (bicyclic) bond motifs is 1. The van der Waals surface area contributed by atoms with Gasteiger partial charge in [0.1, 0.15) is 31.2 Å². The molecular weight excluding hydrogens is 518 g/mol. The first kappa shape index (κ1) is 27.1. The molecule has 4 atom stereocenters. The Morgan fingerprint density at radius 2 is 1.48 bits per heavy atom. The molecule has 1 fully saturated rings. The van der Waals surface area contributed by atoms with Gasteiger partial charge in [-0.3, -0.25) is 19.0 Å². The van der Waals surface area contributed by atoms with Crippen LogP contribution >= 0.6 is 0 Å². The van der Waals surface area contributed by atoms with Crippen molar-refractivity contribution in [2.75, 3.05) is 11.5 Å². The van der Waals surface area contributed by atoms with E-state index in [1.54, 1.807) is 48.5 Å². The largest absolute Gasteiger partial charge is 0.463 e. The molecule has 0 saturated carbocycles. The van der Waals surface area contributed by atoms with E-state index in [0.29, 0.717) is 0 Å². The van der Waals surface area contributed by atoms with Crippen molar-refractivity contribution in [3.63, 3.8) is 0 Å². The zero-order valence-electron chi connectivity index (χ0n) is 22.0. The third kappa shape index (κ3) is 5.07. The van der Waals surface area contributed by atoms with E-state index in [9.17, 15) is 24.6 Å². The summed E-state index contributed by atoms with van der Waals surface area (Å²) in [5, 5.41) is 21.2. The Bertz CT molecular complexity index is 1510. The Morgan fingerprint density at radius 3 is 2.02 bits per heavy atom. The van der Waals surface area contributed by atoms with Gasteiger partial charge in [-0.1, -0.05) is 35.4 Å². The molecule has 40 heavy (non-hydrogen) atoms. The van der Waals surface area contributed by atoms with Gasteiger partial charge in [-0.15, -0.1) is 0 Å².